The number of amides is 1. The van der Waals surface area contributed by atoms with E-state index in [1.807, 2.05) is 20.8 Å². The first kappa shape index (κ1) is 16.2. The minimum absolute atomic E-state index is 0.153. The van der Waals surface area contributed by atoms with Crippen LogP contribution in [0.1, 0.15) is 35.6 Å². The van der Waals surface area contributed by atoms with E-state index < -0.39 is 0 Å². The van der Waals surface area contributed by atoms with Crippen molar-refractivity contribution in [3.63, 3.8) is 0 Å². The third-order valence-corrected chi connectivity index (χ3v) is 4.14. The zero-order valence-electron chi connectivity index (χ0n) is 13.1. The summed E-state index contributed by atoms with van der Waals surface area (Å²) in [6.07, 6.45) is 1.54. The molecular formula is C14H18N4O3S. The van der Waals surface area contributed by atoms with E-state index in [4.69, 9.17) is 9.47 Å². The first-order valence-corrected chi connectivity index (χ1v) is 7.40. The van der Waals surface area contributed by atoms with Crippen LogP contribution in [0.2, 0.25) is 0 Å². The van der Waals surface area contributed by atoms with Crippen molar-refractivity contribution in [2.24, 2.45) is 0 Å². The molecule has 0 saturated heterocycles. The predicted octanol–water partition coefficient (Wildman–Crippen LogP) is 2.50. The van der Waals surface area contributed by atoms with Gasteiger partial charge in [-0.3, -0.25) is 4.79 Å². The molecule has 0 saturated carbocycles. The summed E-state index contributed by atoms with van der Waals surface area (Å²) >= 11 is 1.26. The van der Waals surface area contributed by atoms with Crippen LogP contribution in [0, 0.1) is 0 Å². The number of methoxy groups -OCH3 is 2. The first-order valence-electron chi connectivity index (χ1n) is 6.59. The number of nitrogens with zero attached hydrogens (tertiary/aromatic N) is 3. The van der Waals surface area contributed by atoms with Gasteiger partial charge < -0.3 is 14.8 Å². The number of hydrogen-bond acceptors (Lipinski definition) is 7. The fourth-order valence-corrected chi connectivity index (χ4v) is 2.45. The van der Waals surface area contributed by atoms with Crippen LogP contribution in [-0.2, 0) is 5.41 Å². The largest absolute Gasteiger partial charge is 0.494 e. The molecule has 118 valence electrons. The molecule has 0 aliphatic carbocycles. The van der Waals surface area contributed by atoms with Crippen molar-refractivity contribution in [3.8, 4) is 11.6 Å². The molecule has 1 amide bonds. The Morgan fingerprint density at radius 1 is 1.23 bits per heavy atom. The molecule has 2 aromatic heterocycles. The van der Waals surface area contributed by atoms with E-state index >= 15 is 0 Å². The van der Waals surface area contributed by atoms with E-state index in [0.29, 0.717) is 11.4 Å². The number of aromatic nitrogens is 3. The van der Waals surface area contributed by atoms with Gasteiger partial charge in [0.2, 0.25) is 10.9 Å². The summed E-state index contributed by atoms with van der Waals surface area (Å²) in [7, 11) is 2.98. The van der Waals surface area contributed by atoms with E-state index in [-0.39, 0.29) is 22.2 Å². The Hall–Kier alpha value is -2.22. The number of anilines is 1. The second kappa shape index (κ2) is 6.27. The maximum Gasteiger partial charge on any atom is 0.286 e. The zero-order valence-corrected chi connectivity index (χ0v) is 13.9. The lowest BCUT2D eigenvalue weighted by atomic mass is 9.98. The van der Waals surface area contributed by atoms with Crippen LogP contribution in [0.5, 0.6) is 11.6 Å². The molecule has 0 aromatic carbocycles. The fourth-order valence-electron chi connectivity index (χ4n) is 1.65. The zero-order chi connectivity index (χ0) is 16.3. The van der Waals surface area contributed by atoms with E-state index in [1.54, 1.807) is 6.07 Å². The van der Waals surface area contributed by atoms with Crippen LogP contribution >= 0.6 is 11.3 Å². The quantitative estimate of drug-likeness (QED) is 0.930. The average molecular weight is 322 g/mol. The van der Waals surface area contributed by atoms with Gasteiger partial charge in [-0.05, 0) is 0 Å². The standard InChI is InChI=1S/C14H18N4O3S/c1-14(2,3)13-18-17-12(22-13)10(19)16-9-8(20-4)6-7-15-11(9)21-5/h6-7H,1-5H3,(H,16,19). The average Bonchev–Trinajstić information content (AvgIpc) is 2.97. The number of nitrogens with one attached hydrogen (secondary N) is 1. The van der Waals surface area contributed by atoms with Gasteiger partial charge in [0, 0.05) is 17.7 Å². The number of carbonyl (C=O) groups excluding carboxylic acids is 1. The topological polar surface area (TPSA) is 86.2 Å². The molecule has 0 aliphatic rings. The van der Waals surface area contributed by atoms with E-state index in [2.05, 4.69) is 20.5 Å². The molecule has 22 heavy (non-hydrogen) atoms. The lowest BCUT2D eigenvalue weighted by Gasteiger charge is -2.12. The number of pyridine rings is 1. The molecule has 0 unspecified atom stereocenters. The van der Waals surface area contributed by atoms with Crippen LogP contribution in [0.25, 0.3) is 0 Å². The molecule has 0 aliphatic heterocycles. The van der Waals surface area contributed by atoms with E-state index in [9.17, 15) is 4.79 Å². The highest BCUT2D eigenvalue weighted by atomic mass is 32.1. The van der Waals surface area contributed by atoms with E-state index in [0.717, 1.165) is 5.01 Å². The Bertz CT molecular complexity index is 657. The highest BCUT2D eigenvalue weighted by molar-refractivity contribution is 7.13. The molecule has 7 nitrogen and oxygen atoms in total. The SMILES string of the molecule is COc1ccnc(OC)c1NC(=O)c1nnc(C(C)(C)C)s1. The van der Waals surface area contributed by atoms with Crippen LogP contribution < -0.4 is 14.8 Å². The highest BCUT2D eigenvalue weighted by Gasteiger charge is 2.23. The molecule has 0 radical (unpaired) electrons. The summed E-state index contributed by atoms with van der Waals surface area (Å²) in [6.45, 7) is 6.05. The van der Waals surface area contributed by atoms with Crippen molar-refractivity contribution in [2.45, 2.75) is 26.2 Å². The van der Waals surface area contributed by atoms with Gasteiger partial charge in [0.1, 0.15) is 16.4 Å². The lowest BCUT2D eigenvalue weighted by Crippen LogP contribution is -2.13. The summed E-state index contributed by atoms with van der Waals surface area (Å²) in [6, 6.07) is 1.64. The molecule has 8 heteroatoms. The molecule has 0 bridgehead atoms. The van der Waals surface area contributed by atoms with Gasteiger partial charge in [-0.15, -0.1) is 10.2 Å². The molecule has 2 heterocycles. The van der Waals surface area contributed by atoms with Crippen molar-refractivity contribution >= 4 is 22.9 Å². The Morgan fingerprint density at radius 3 is 2.50 bits per heavy atom. The number of rotatable bonds is 4. The summed E-state index contributed by atoms with van der Waals surface area (Å²) in [4.78, 5) is 16.4. The Balaban J connectivity index is 2.28. The maximum atomic E-state index is 12.3. The summed E-state index contributed by atoms with van der Waals surface area (Å²) in [5.74, 6) is 0.353. The molecule has 1 N–H and O–H groups in total. The molecule has 0 fully saturated rings. The number of carbonyl (C=O) groups is 1. The second-order valence-electron chi connectivity index (χ2n) is 5.51. The molecule has 0 spiro atoms. The predicted molar refractivity (Wildman–Crippen MR) is 83.9 cm³/mol. The van der Waals surface area contributed by atoms with Crippen molar-refractivity contribution in [2.75, 3.05) is 19.5 Å². The van der Waals surface area contributed by atoms with Gasteiger partial charge in [0.15, 0.2) is 0 Å². The number of hydrogen-bond donors (Lipinski definition) is 1. The summed E-state index contributed by atoms with van der Waals surface area (Å²) in [5.41, 5.74) is 0.213. The van der Waals surface area contributed by atoms with Gasteiger partial charge in [-0.25, -0.2) is 4.98 Å². The van der Waals surface area contributed by atoms with Crippen molar-refractivity contribution < 1.29 is 14.3 Å². The Kier molecular flexibility index (Phi) is 4.60. The van der Waals surface area contributed by atoms with Crippen LogP contribution in [0.15, 0.2) is 12.3 Å². The first-order chi connectivity index (χ1) is 10.4. The monoisotopic (exact) mass is 322 g/mol. The highest BCUT2D eigenvalue weighted by Crippen LogP contribution is 2.33. The van der Waals surface area contributed by atoms with Crippen molar-refractivity contribution in [1.82, 2.24) is 15.2 Å². The van der Waals surface area contributed by atoms with Crippen LogP contribution in [0.3, 0.4) is 0 Å². The lowest BCUT2D eigenvalue weighted by molar-refractivity contribution is 0.102. The van der Waals surface area contributed by atoms with Gasteiger partial charge in [-0.2, -0.15) is 0 Å². The third-order valence-electron chi connectivity index (χ3n) is 2.79. The number of ether oxygens (including phenoxy) is 2. The summed E-state index contributed by atoms with van der Waals surface area (Å²) < 4.78 is 10.4. The fraction of sp³-hybridized carbons (Fsp3) is 0.429. The van der Waals surface area contributed by atoms with Crippen LogP contribution in [0.4, 0.5) is 5.69 Å². The van der Waals surface area contributed by atoms with E-state index in [1.165, 1.54) is 31.8 Å². The van der Waals surface area contributed by atoms with Gasteiger partial charge in [0.05, 0.1) is 14.2 Å². The molecule has 2 aromatic rings. The van der Waals surface area contributed by atoms with Gasteiger partial charge >= 0.3 is 0 Å². The minimum Gasteiger partial charge on any atom is -0.494 e. The summed E-state index contributed by atoms with van der Waals surface area (Å²) in [5, 5.41) is 11.8. The minimum atomic E-state index is -0.377. The van der Waals surface area contributed by atoms with Crippen molar-refractivity contribution in [1.29, 1.82) is 0 Å². The molecule has 2 rings (SSSR count). The Morgan fingerprint density at radius 2 is 1.95 bits per heavy atom. The van der Waals surface area contributed by atoms with Crippen molar-refractivity contribution in [3.05, 3.63) is 22.3 Å². The molecule has 0 atom stereocenters. The normalized spacial score (nSPS) is 11.1. The van der Waals surface area contributed by atoms with Gasteiger partial charge in [0.25, 0.3) is 5.91 Å². The Labute approximate surface area is 132 Å². The maximum absolute atomic E-state index is 12.3. The van der Waals surface area contributed by atoms with Gasteiger partial charge in [-0.1, -0.05) is 32.1 Å². The second-order valence-corrected chi connectivity index (χ2v) is 6.49. The van der Waals surface area contributed by atoms with Crippen LogP contribution in [-0.4, -0.2) is 35.3 Å². The third kappa shape index (κ3) is 3.33. The smallest absolute Gasteiger partial charge is 0.286 e. The molecular weight excluding hydrogens is 304 g/mol.